The molecule has 2 bridgehead atoms. The van der Waals surface area contributed by atoms with Crippen LogP contribution in [0.2, 0.25) is 5.02 Å². The van der Waals surface area contributed by atoms with Crippen molar-refractivity contribution in [2.24, 2.45) is 35.0 Å². The summed E-state index contributed by atoms with van der Waals surface area (Å²) < 4.78 is 6.08. The van der Waals surface area contributed by atoms with Crippen LogP contribution in [0.1, 0.15) is 76.7 Å². The lowest BCUT2D eigenvalue weighted by Crippen LogP contribution is -2.62. The quantitative estimate of drug-likeness (QED) is 0.187. The molecule has 54 heavy (non-hydrogen) atoms. The highest BCUT2D eigenvalue weighted by molar-refractivity contribution is 6.33. The van der Waals surface area contributed by atoms with Gasteiger partial charge in [-0.25, -0.2) is 0 Å². The Balaban J connectivity index is 1.48. The van der Waals surface area contributed by atoms with Gasteiger partial charge in [0, 0.05) is 61.0 Å². The second kappa shape index (κ2) is 17.1. The van der Waals surface area contributed by atoms with Gasteiger partial charge in [-0.1, -0.05) is 52.3 Å². The number of nitrogens with one attached hydrogen (secondary N) is 2. The minimum atomic E-state index is -0.919. The van der Waals surface area contributed by atoms with Gasteiger partial charge >= 0.3 is 0 Å². The summed E-state index contributed by atoms with van der Waals surface area (Å²) in [5, 5.41) is 29.9. The number of aliphatic hydroxyl groups excluding tert-OH is 2. The maximum Gasteiger partial charge on any atom is 0.251 e. The molecule has 3 saturated carbocycles. The van der Waals surface area contributed by atoms with Crippen LogP contribution in [0.4, 0.5) is 5.69 Å². The van der Waals surface area contributed by atoms with Crippen molar-refractivity contribution in [3.8, 4) is 16.9 Å². The highest BCUT2D eigenvalue weighted by atomic mass is 35.5. The summed E-state index contributed by atoms with van der Waals surface area (Å²) in [6, 6.07) is 8.43. The molecular formula is C42H64ClN5O6. The highest BCUT2D eigenvalue weighted by Gasteiger charge is 2.57. The third kappa shape index (κ3) is 8.71. The summed E-state index contributed by atoms with van der Waals surface area (Å²) >= 11 is 6.97. The van der Waals surface area contributed by atoms with Gasteiger partial charge in [0.25, 0.3) is 5.91 Å². The number of methoxy groups -OCH3 is 1. The van der Waals surface area contributed by atoms with Gasteiger partial charge in [0.15, 0.2) is 0 Å². The Kier molecular flexibility index (Phi) is 13.3. The van der Waals surface area contributed by atoms with Crippen molar-refractivity contribution in [3.63, 3.8) is 0 Å². The molecule has 4 aliphatic rings. The third-order valence-corrected chi connectivity index (χ3v) is 12.8. The zero-order chi connectivity index (χ0) is 39.8. The third-order valence-electron chi connectivity index (χ3n) is 12.4. The van der Waals surface area contributed by atoms with Crippen molar-refractivity contribution >= 4 is 29.1 Å². The molecule has 2 amide bonds. The molecule has 2 aromatic rings. The number of hydrogen-bond acceptors (Lipinski definition) is 9. The first-order valence-electron chi connectivity index (χ1n) is 19.5. The number of hydroxylamine groups is 2. The normalized spacial score (nSPS) is 27.4. The zero-order valence-corrected chi connectivity index (χ0v) is 34.9. The molecule has 1 unspecified atom stereocenters. The van der Waals surface area contributed by atoms with Crippen LogP contribution < -0.4 is 20.3 Å². The Morgan fingerprint density at radius 1 is 1.11 bits per heavy atom. The number of benzene rings is 2. The SMILES string of the molecule is COc1c(CN2O[C@@H](CO)C([C@H](C)O)[C@H]2C(=O)N[C@H]2C[C@H]3C[C@@H]([C@@H]2C)C3(C)C)ccc(Cl)c1-c1cc(C(=O)N[C@@H](CC(C)C)CN(C)C)cc(N(C)C)c1. The lowest BCUT2D eigenvalue weighted by atomic mass is 9.45. The van der Waals surface area contributed by atoms with Crippen LogP contribution in [0.15, 0.2) is 30.3 Å². The minimum Gasteiger partial charge on any atom is -0.496 e. The molecule has 4 fully saturated rings. The fourth-order valence-electron chi connectivity index (χ4n) is 9.48. The van der Waals surface area contributed by atoms with Crippen LogP contribution in [0.5, 0.6) is 5.75 Å². The van der Waals surface area contributed by atoms with E-state index in [0.717, 1.165) is 25.1 Å². The van der Waals surface area contributed by atoms with Gasteiger partial charge in [0.05, 0.1) is 31.4 Å². The first kappa shape index (κ1) is 42.2. The molecule has 300 valence electrons. The van der Waals surface area contributed by atoms with Crippen LogP contribution in [-0.2, 0) is 16.2 Å². The van der Waals surface area contributed by atoms with Gasteiger partial charge in [0.2, 0.25) is 5.91 Å². The number of hydrogen-bond donors (Lipinski definition) is 4. The average molecular weight is 770 g/mol. The maximum absolute atomic E-state index is 14.3. The second-order valence-electron chi connectivity index (χ2n) is 17.6. The molecule has 0 aromatic heterocycles. The van der Waals surface area contributed by atoms with E-state index in [-0.39, 0.29) is 42.5 Å². The number of fused-ring (bicyclic) bond motifs is 2. The summed E-state index contributed by atoms with van der Waals surface area (Å²) in [5.74, 6) is 1.25. The standard InChI is InChI=1S/C42H64ClN5O6/c1-23(2)14-30(21-46(7)8)44-40(51)28-15-27(16-31(17-28)47(9)10)37-33(43)13-12-26(39(37)53-11)20-48-38(36(25(4)50)35(22-49)54-48)41(52)45-34-19-29-18-32(24(34)3)42(29,5)6/h12-13,15-17,23-25,29-30,32,34-36,38,49-50H,14,18-22H2,1-11H3,(H,44,51)(H,45,52)/t24-,25-,29+,30-,32-,34-,35-,36?,38-/m0/s1. The smallest absolute Gasteiger partial charge is 0.251 e. The van der Waals surface area contributed by atoms with E-state index in [9.17, 15) is 19.8 Å². The molecule has 11 nitrogen and oxygen atoms in total. The van der Waals surface area contributed by atoms with E-state index in [1.54, 1.807) is 25.2 Å². The van der Waals surface area contributed by atoms with Crippen molar-refractivity contribution < 1.29 is 29.4 Å². The number of anilines is 1. The monoisotopic (exact) mass is 769 g/mol. The van der Waals surface area contributed by atoms with Crippen LogP contribution in [0.3, 0.4) is 0 Å². The average Bonchev–Trinajstić information content (AvgIpc) is 3.47. The Morgan fingerprint density at radius 2 is 1.81 bits per heavy atom. The molecule has 12 heteroatoms. The molecule has 6 rings (SSSR count). The number of carbonyl (C=O) groups is 2. The first-order chi connectivity index (χ1) is 25.4. The Bertz CT molecular complexity index is 1640. The van der Waals surface area contributed by atoms with Crippen LogP contribution in [0, 0.1) is 35.0 Å². The molecule has 0 spiro atoms. The summed E-state index contributed by atoms with van der Waals surface area (Å²) in [7, 11) is 9.42. The Labute approximate surface area is 327 Å². The minimum absolute atomic E-state index is 0.0227. The lowest BCUT2D eigenvalue weighted by molar-refractivity contribution is -0.183. The van der Waals surface area contributed by atoms with E-state index in [2.05, 4.69) is 50.2 Å². The van der Waals surface area contributed by atoms with Gasteiger partial charge < -0.3 is 35.4 Å². The first-order valence-corrected chi connectivity index (χ1v) is 19.9. The van der Waals surface area contributed by atoms with Gasteiger partial charge in [-0.3, -0.25) is 14.4 Å². The molecule has 1 saturated heterocycles. The molecule has 2 aromatic carbocycles. The largest absolute Gasteiger partial charge is 0.496 e. The summed E-state index contributed by atoms with van der Waals surface area (Å²) in [5.41, 5.74) is 3.58. The van der Waals surface area contributed by atoms with Crippen molar-refractivity contribution in [1.82, 2.24) is 20.6 Å². The Hall–Kier alpha value is -2.93. The fraction of sp³-hybridized carbons (Fsp3) is 0.667. The van der Waals surface area contributed by atoms with Gasteiger partial charge in [-0.2, -0.15) is 5.06 Å². The number of amides is 2. The molecule has 3 aliphatic carbocycles. The van der Waals surface area contributed by atoms with Crippen LogP contribution >= 0.6 is 11.6 Å². The van der Waals surface area contributed by atoms with E-state index in [4.69, 9.17) is 21.2 Å². The van der Waals surface area contributed by atoms with Crippen molar-refractivity contribution in [1.29, 1.82) is 0 Å². The number of nitrogens with zero attached hydrogens (tertiary/aromatic N) is 3. The van der Waals surface area contributed by atoms with Crippen molar-refractivity contribution in [2.75, 3.05) is 53.4 Å². The van der Waals surface area contributed by atoms with E-state index >= 15 is 0 Å². The number of aliphatic hydroxyl groups is 2. The Morgan fingerprint density at radius 3 is 2.37 bits per heavy atom. The highest BCUT2D eigenvalue weighted by Crippen LogP contribution is 2.61. The fourth-order valence-corrected chi connectivity index (χ4v) is 9.74. The number of halogens is 1. The lowest BCUT2D eigenvalue weighted by Gasteiger charge is -2.62. The van der Waals surface area contributed by atoms with E-state index in [1.807, 2.05) is 57.4 Å². The van der Waals surface area contributed by atoms with Crippen LogP contribution in [-0.4, -0.2) is 111 Å². The van der Waals surface area contributed by atoms with Gasteiger partial charge in [-0.05, 0) is 99.2 Å². The molecule has 0 radical (unpaired) electrons. The topological polar surface area (TPSA) is 127 Å². The predicted molar refractivity (Wildman–Crippen MR) is 215 cm³/mol. The molecule has 1 aliphatic heterocycles. The maximum atomic E-state index is 14.3. The summed E-state index contributed by atoms with van der Waals surface area (Å²) in [6.45, 7) is 13.3. The van der Waals surface area contributed by atoms with E-state index in [0.29, 0.717) is 56.7 Å². The van der Waals surface area contributed by atoms with Crippen molar-refractivity contribution in [2.45, 2.75) is 97.7 Å². The number of ether oxygens (including phenoxy) is 1. The summed E-state index contributed by atoms with van der Waals surface area (Å²) in [6.07, 6.45) is 1.26. The number of rotatable bonds is 15. The number of carbonyl (C=O) groups excluding carboxylic acids is 2. The van der Waals surface area contributed by atoms with E-state index in [1.165, 1.54) is 6.42 Å². The van der Waals surface area contributed by atoms with Gasteiger partial charge in [-0.15, -0.1) is 0 Å². The predicted octanol–water partition coefficient (Wildman–Crippen LogP) is 5.45. The van der Waals surface area contributed by atoms with Crippen LogP contribution in [0.25, 0.3) is 11.1 Å². The molecular weight excluding hydrogens is 706 g/mol. The van der Waals surface area contributed by atoms with Gasteiger partial charge in [0.1, 0.15) is 17.9 Å². The summed E-state index contributed by atoms with van der Waals surface area (Å²) in [4.78, 5) is 38.5. The van der Waals surface area contributed by atoms with E-state index < -0.39 is 24.2 Å². The second-order valence-corrected chi connectivity index (χ2v) is 18.0. The van der Waals surface area contributed by atoms with Crippen molar-refractivity contribution in [3.05, 3.63) is 46.5 Å². The zero-order valence-electron chi connectivity index (χ0n) is 34.1. The number of likely N-dealkylation sites (N-methyl/N-ethyl adjacent to an activating group) is 1. The molecule has 1 heterocycles. The molecule has 9 atom stereocenters. The molecule has 4 N–H and O–H groups in total.